The van der Waals surface area contributed by atoms with Gasteiger partial charge in [0.1, 0.15) is 5.54 Å². The van der Waals surface area contributed by atoms with Crippen molar-refractivity contribution in [2.75, 3.05) is 11.9 Å². The lowest BCUT2D eigenvalue weighted by atomic mass is 9.87. The van der Waals surface area contributed by atoms with Crippen LogP contribution in [0.1, 0.15) is 47.1 Å². The Labute approximate surface area is 133 Å². The van der Waals surface area contributed by atoms with Gasteiger partial charge in [0.2, 0.25) is 5.91 Å². The van der Waals surface area contributed by atoms with Crippen molar-refractivity contribution in [2.24, 2.45) is 5.92 Å². The molecule has 1 atom stereocenters. The van der Waals surface area contributed by atoms with Crippen molar-refractivity contribution in [1.29, 1.82) is 5.26 Å². The third kappa shape index (κ3) is 4.77. The van der Waals surface area contributed by atoms with Gasteiger partial charge < -0.3 is 10.6 Å². The number of carbonyl (C=O) groups is 1. The topological polar surface area (TPSA) is 64.9 Å². The molecule has 0 fully saturated rings. The first-order valence-corrected chi connectivity index (χ1v) is 7.65. The monoisotopic (exact) mass is 301 g/mol. The number of benzene rings is 1. The average molecular weight is 301 g/mol. The van der Waals surface area contributed by atoms with Crippen molar-refractivity contribution in [3.05, 3.63) is 29.8 Å². The van der Waals surface area contributed by atoms with E-state index in [9.17, 15) is 10.1 Å². The number of carbonyl (C=O) groups excluding carboxylic acids is 1. The first-order valence-electron chi connectivity index (χ1n) is 7.65. The first-order chi connectivity index (χ1) is 10.1. The highest BCUT2D eigenvalue weighted by Crippen LogP contribution is 2.23. The average Bonchev–Trinajstić information content (AvgIpc) is 2.44. The number of nitriles is 1. The van der Waals surface area contributed by atoms with Crippen LogP contribution in [0, 0.1) is 17.2 Å². The van der Waals surface area contributed by atoms with E-state index >= 15 is 0 Å². The third-order valence-corrected chi connectivity index (χ3v) is 3.99. The fourth-order valence-electron chi connectivity index (χ4n) is 1.91. The van der Waals surface area contributed by atoms with Crippen LogP contribution in [0.25, 0.3) is 0 Å². The van der Waals surface area contributed by atoms with Crippen molar-refractivity contribution < 1.29 is 4.79 Å². The smallest absolute Gasteiger partial charge is 0.240 e. The van der Waals surface area contributed by atoms with Crippen LogP contribution in [0.5, 0.6) is 0 Å². The number of amides is 1. The molecular formula is C18H27N3O. The van der Waals surface area contributed by atoms with Crippen LogP contribution in [-0.4, -0.2) is 18.0 Å². The van der Waals surface area contributed by atoms with Gasteiger partial charge in [-0.15, -0.1) is 0 Å². The highest BCUT2D eigenvalue weighted by Gasteiger charge is 2.29. The second-order valence-electron chi connectivity index (χ2n) is 7.20. The van der Waals surface area contributed by atoms with Crippen molar-refractivity contribution in [3.8, 4) is 6.07 Å². The zero-order valence-corrected chi connectivity index (χ0v) is 14.4. The number of hydrogen-bond acceptors (Lipinski definition) is 3. The van der Waals surface area contributed by atoms with E-state index in [-0.39, 0.29) is 23.8 Å². The summed E-state index contributed by atoms with van der Waals surface area (Å²) in [5.74, 6) is -0.134. The first kappa shape index (κ1) is 18.0. The minimum Gasteiger partial charge on any atom is -0.376 e. The predicted molar refractivity (Wildman–Crippen MR) is 90.6 cm³/mol. The van der Waals surface area contributed by atoms with Gasteiger partial charge in [0.15, 0.2) is 0 Å². The molecule has 0 spiro atoms. The summed E-state index contributed by atoms with van der Waals surface area (Å²) in [5, 5.41) is 15.1. The summed E-state index contributed by atoms with van der Waals surface area (Å²) >= 11 is 0. The SMILES string of the molecule is CC(C)[C@@](C)(C#N)NC(=O)CNc1ccc(C(C)(C)C)cc1. The van der Waals surface area contributed by atoms with E-state index in [2.05, 4.69) is 49.6 Å². The van der Waals surface area contributed by atoms with E-state index < -0.39 is 5.54 Å². The van der Waals surface area contributed by atoms with E-state index in [1.165, 1.54) is 5.56 Å². The molecule has 0 aliphatic heterocycles. The number of nitrogens with one attached hydrogen (secondary N) is 2. The molecule has 22 heavy (non-hydrogen) atoms. The van der Waals surface area contributed by atoms with E-state index in [1.807, 2.05) is 26.0 Å². The van der Waals surface area contributed by atoms with Crippen molar-refractivity contribution in [2.45, 2.75) is 52.5 Å². The lowest BCUT2D eigenvalue weighted by molar-refractivity contribution is -0.121. The van der Waals surface area contributed by atoms with Gasteiger partial charge in [0.25, 0.3) is 0 Å². The van der Waals surface area contributed by atoms with Crippen molar-refractivity contribution in [1.82, 2.24) is 5.32 Å². The van der Waals surface area contributed by atoms with E-state index in [0.29, 0.717) is 0 Å². The van der Waals surface area contributed by atoms with Gasteiger partial charge in [-0.25, -0.2) is 0 Å². The molecule has 2 N–H and O–H groups in total. The molecule has 0 aromatic heterocycles. The number of hydrogen-bond donors (Lipinski definition) is 2. The Morgan fingerprint density at radius 1 is 1.18 bits per heavy atom. The van der Waals surface area contributed by atoms with Crippen LogP contribution >= 0.6 is 0 Å². The Morgan fingerprint density at radius 2 is 1.73 bits per heavy atom. The van der Waals surface area contributed by atoms with Gasteiger partial charge in [0.05, 0.1) is 12.6 Å². The van der Waals surface area contributed by atoms with Crippen LogP contribution in [0.15, 0.2) is 24.3 Å². The molecule has 0 heterocycles. The van der Waals surface area contributed by atoms with Crippen molar-refractivity contribution in [3.63, 3.8) is 0 Å². The maximum Gasteiger partial charge on any atom is 0.240 e. The molecule has 0 saturated heterocycles. The molecule has 0 saturated carbocycles. The van der Waals surface area contributed by atoms with Crippen LogP contribution in [0.2, 0.25) is 0 Å². The van der Waals surface area contributed by atoms with Gasteiger partial charge >= 0.3 is 0 Å². The van der Waals surface area contributed by atoms with Crippen LogP contribution in [0.3, 0.4) is 0 Å². The molecule has 0 bridgehead atoms. The lowest BCUT2D eigenvalue weighted by Gasteiger charge is -2.27. The molecule has 1 amide bonds. The zero-order chi connectivity index (χ0) is 17.0. The molecule has 0 aliphatic carbocycles. The predicted octanol–water partition coefficient (Wildman–Crippen LogP) is 3.45. The molecule has 0 aliphatic rings. The number of anilines is 1. The van der Waals surface area contributed by atoms with Gasteiger partial charge in [-0.3, -0.25) is 4.79 Å². The minimum atomic E-state index is -0.838. The molecule has 4 heteroatoms. The maximum absolute atomic E-state index is 12.0. The summed E-state index contributed by atoms with van der Waals surface area (Å²) in [6, 6.07) is 10.2. The molecule has 0 unspecified atom stereocenters. The molecule has 1 aromatic rings. The van der Waals surface area contributed by atoms with Crippen LogP contribution in [-0.2, 0) is 10.2 Å². The molecule has 0 radical (unpaired) electrons. The Balaban J connectivity index is 2.60. The Hall–Kier alpha value is -2.02. The maximum atomic E-state index is 12.0. The Morgan fingerprint density at radius 3 is 2.14 bits per heavy atom. The minimum absolute atomic E-state index is 0.0486. The van der Waals surface area contributed by atoms with Gasteiger partial charge in [-0.2, -0.15) is 5.26 Å². The highest BCUT2D eigenvalue weighted by atomic mass is 16.2. The van der Waals surface area contributed by atoms with Crippen LogP contribution < -0.4 is 10.6 Å². The van der Waals surface area contributed by atoms with E-state index in [0.717, 1.165) is 5.69 Å². The summed E-state index contributed by atoms with van der Waals surface area (Å²) in [4.78, 5) is 12.0. The molecule has 1 aromatic carbocycles. The number of rotatable bonds is 5. The zero-order valence-electron chi connectivity index (χ0n) is 14.4. The van der Waals surface area contributed by atoms with Gasteiger partial charge in [-0.1, -0.05) is 46.8 Å². The summed E-state index contributed by atoms with van der Waals surface area (Å²) in [6.45, 7) is 12.2. The second-order valence-corrected chi connectivity index (χ2v) is 7.20. The fourth-order valence-corrected chi connectivity index (χ4v) is 1.91. The fraction of sp³-hybridized carbons (Fsp3) is 0.556. The van der Waals surface area contributed by atoms with Gasteiger partial charge in [-0.05, 0) is 36.0 Å². The quantitative estimate of drug-likeness (QED) is 0.875. The third-order valence-electron chi connectivity index (χ3n) is 3.99. The highest BCUT2D eigenvalue weighted by molar-refractivity contribution is 5.81. The van der Waals surface area contributed by atoms with Crippen molar-refractivity contribution >= 4 is 11.6 Å². The standard InChI is InChI=1S/C18H27N3O/c1-13(2)18(6,12-19)21-16(22)11-20-15-9-7-14(8-10-15)17(3,4)5/h7-10,13,20H,11H2,1-6H3,(H,21,22)/t18-/m1/s1. The summed E-state index contributed by atoms with van der Waals surface area (Å²) in [7, 11) is 0. The Kier molecular flexibility index (Phi) is 5.59. The van der Waals surface area contributed by atoms with Gasteiger partial charge in [0, 0.05) is 5.69 Å². The van der Waals surface area contributed by atoms with E-state index in [4.69, 9.17) is 0 Å². The summed E-state index contributed by atoms with van der Waals surface area (Å²) < 4.78 is 0. The Bertz CT molecular complexity index is 549. The molecule has 4 nitrogen and oxygen atoms in total. The molecule has 1 rings (SSSR count). The molecular weight excluding hydrogens is 274 g/mol. The van der Waals surface area contributed by atoms with Crippen LogP contribution in [0.4, 0.5) is 5.69 Å². The normalized spacial score (nSPS) is 14.1. The second kappa shape index (κ2) is 6.83. The van der Waals surface area contributed by atoms with E-state index in [1.54, 1.807) is 6.92 Å². The molecule has 120 valence electrons. The summed E-state index contributed by atoms with van der Waals surface area (Å²) in [5.41, 5.74) is 1.42. The number of nitrogens with zero attached hydrogens (tertiary/aromatic N) is 1. The largest absolute Gasteiger partial charge is 0.376 e. The lowest BCUT2D eigenvalue weighted by Crippen LogP contribution is -2.50. The summed E-state index contributed by atoms with van der Waals surface area (Å²) in [6.07, 6.45) is 0.